The van der Waals surface area contributed by atoms with Crippen LogP contribution in [0.4, 0.5) is 0 Å². The van der Waals surface area contributed by atoms with Gasteiger partial charge < -0.3 is 4.52 Å². The highest BCUT2D eigenvalue weighted by Gasteiger charge is 2.32. The van der Waals surface area contributed by atoms with Crippen LogP contribution in [0.3, 0.4) is 0 Å². The fourth-order valence-corrected chi connectivity index (χ4v) is 2.98. The summed E-state index contributed by atoms with van der Waals surface area (Å²) in [6, 6.07) is 2.61. The average Bonchev–Trinajstić information content (AvgIpc) is 3.20. The summed E-state index contributed by atoms with van der Waals surface area (Å²) in [5.41, 5.74) is 0. The molecule has 1 aliphatic heterocycles. The quantitative estimate of drug-likeness (QED) is 0.846. The normalized spacial score (nSPS) is 21.2. The summed E-state index contributed by atoms with van der Waals surface area (Å²) < 4.78 is 7.46. The number of hydrogen-bond donors (Lipinski definition) is 0. The van der Waals surface area contributed by atoms with Crippen LogP contribution in [0.25, 0.3) is 0 Å². The fourth-order valence-electron chi connectivity index (χ4n) is 2.98. The van der Waals surface area contributed by atoms with E-state index >= 15 is 0 Å². The maximum atomic E-state index is 5.46. The second-order valence-electron chi connectivity index (χ2n) is 6.08. The molecule has 3 heterocycles. The third kappa shape index (κ3) is 3.00. The lowest BCUT2D eigenvalue weighted by molar-refractivity contribution is 0.144. The van der Waals surface area contributed by atoms with Gasteiger partial charge in [0.1, 0.15) is 0 Å². The molecule has 0 spiro atoms. The van der Waals surface area contributed by atoms with Gasteiger partial charge in [-0.3, -0.25) is 9.58 Å². The van der Waals surface area contributed by atoms with Gasteiger partial charge in [0.25, 0.3) is 0 Å². The van der Waals surface area contributed by atoms with Crippen LogP contribution < -0.4 is 0 Å². The number of likely N-dealkylation sites (tertiary alicyclic amines) is 1. The van der Waals surface area contributed by atoms with E-state index in [4.69, 9.17) is 4.52 Å². The summed E-state index contributed by atoms with van der Waals surface area (Å²) in [5.74, 6) is 1.82. The minimum absolute atomic E-state index is 0.160. The zero-order valence-electron chi connectivity index (χ0n) is 12.9. The Balaban J connectivity index is 1.71. The molecule has 2 aromatic heterocycles. The Morgan fingerprint density at radius 2 is 2.24 bits per heavy atom. The molecular weight excluding hydrogens is 266 g/mol. The van der Waals surface area contributed by atoms with Gasteiger partial charge in [-0.2, -0.15) is 10.1 Å². The first-order valence-electron chi connectivity index (χ1n) is 7.72. The highest BCUT2D eigenvalue weighted by atomic mass is 16.5. The highest BCUT2D eigenvalue weighted by Crippen LogP contribution is 2.29. The van der Waals surface area contributed by atoms with E-state index < -0.39 is 0 Å². The Bertz CT molecular complexity index is 562. The first-order valence-corrected chi connectivity index (χ1v) is 7.72. The molecule has 1 saturated heterocycles. The van der Waals surface area contributed by atoms with E-state index in [1.165, 1.54) is 12.8 Å². The van der Waals surface area contributed by atoms with Crippen LogP contribution >= 0.6 is 0 Å². The predicted octanol–water partition coefficient (Wildman–Crippen LogP) is 2.62. The maximum Gasteiger partial charge on any atom is 0.243 e. The Hall–Kier alpha value is -1.69. The Labute approximate surface area is 125 Å². The zero-order chi connectivity index (χ0) is 14.8. The molecule has 0 aromatic carbocycles. The Morgan fingerprint density at radius 1 is 1.38 bits per heavy atom. The van der Waals surface area contributed by atoms with Gasteiger partial charge in [0, 0.05) is 24.4 Å². The van der Waals surface area contributed by atoms with Crippen molar-refractivity contribution >= 4 is 0 Å². The molecule has 2 atom stereocenters. The molecule has 1 aliphatic rings. The third-order valence-corrected chi connectivity index (χ3v) is 4.21. The molecule has 0 N–H and O–H groups in total. The lowest BCUT2D eigenvalue weighted by Gasteiger charge is -2.28. The van der Waals surface area contributed by atoms with E-state index in [0.717, 1.165) is 24.8 Å². The van der Waals surface area contributed by atoms with Crippen molar-refractivity contribution < 1.29 is 4.52 Å². The first kappa shape index (κ1) is 14.3. The molecule has 0 amide bonds. The molecule has 114 valence electrons. The molecule has 21 heavy (non-hydrogen) atoms. The van der Waals surface area contributed by atoms with Crippen molar-refractivity contribution in [1.82, 2.24) is 24.8 Å². The summed E-state index contributed by atoms with van der Waals surface area (Å²) in [7, 11) is 0. The SMILES string of the molecule is CC(C)c1noc([C@H](C)N2CCC[C@H]2Cn2cccn2)n1. The van der Waals surface area contributed by atoms with E-state index in [1.54, 1.807) is 0 Å². The molecule has 0 aliphatic carbocycles. The van der Waals surface area contributed by atoms with Crippen molar-refractivity contribution in [2.24, 2.45) is 0 Å². The molecular formula is C15H23N5O. The molecule has 6 nitrogen and oxygen atoms in total. The highest BCUT2D eigenvalue weighted by molar-refractivity contribution is 4.98. The van der Waals surface area contributed by atoms with Gasteiger partial charge in [-0.15, -0.1) is 0 Å². The second-order valence-corrected chi connectivity index (χ2v) is 6.08. The van der Waals surface area contributed by atoms with Crippen molar-refractivity contribution in [3.63, 3.8) is 0 Å². The average molecular weight is 289 g/mol. The predicted molar refractivity (Wildman–Crippen MR) is 78.8 cm³/mol. The van der Waals surface area contributed by atoms with E-state index in [-0.39, 0.29) is 6.04 Å². The van der Waals surface area contributed by atoms with Crippen LogP contribution in [0.2, 0.25) is 0 Å². The topological polar surface area (TPSA) is 60.0 Å². The Morgan fingerprint density at radius 3 is 2.90 bits per heavy atom. The lowest BCUT2D eigenvalue weighted by atomic mass is 10.2. The largest absolute Gasteiger partial charge is 0.338 e. The van der Waals surface area contributed by atoms with E-state index in [0.29, 0.717) is 12.0 Å². The third-order valence-electron chi connectivity index (χ3n) is 4.21. The van der Waals surface area contributed by atoms with Crippen LogP contribution in [0.5, 0.6) is 0 Å². The fraction of sp³-hybridized carbons (Fsp3) is 0.667. The summed E-state index contributed by atoms with van der Waals surface area (Å²) in [5, 5.41) is 8.39. The van der Waals surface area contributed by atoms with Crippen molar-refractivity contribution in [2.45, 2.75) is 58.2 Å². The van der Waals surface area contributed by atoms with Gasteiger partial charge in [0.2, 0.25) is 5.89 Å². The smallest absolute Gasteiger partial charge is 0.243 e. The molecule has 3 rings (SSSR count). The summed E-state index contributed by atoms with van der Waals surface area (Å²) in [6.45, 7) is 8.30. The van der Waals surface area contributed by atoms with Gasteiger partial charge in [0.15, 0.2) is 5.82 Å². The molecule has 6 heteroatoms. The number of aromatic nitrogens is 4. The van der Waals surface area contributed by atoms with Crippen LogP contribution in [-0.2, 0) is 6.54 Å². The van der Waals surface area contributed by atoms with Crippen molar-refractivity contribution in [3.8, 4) is 0 Å². The monoisotopic (exact) mass is 289 g/mol. The molecule has 0 saturated carbocycles. The van der Waals surface area contributed by atoms with Gasteiger partial charge >= 0.3 is 0 Å². The summed E-state index contributed by atoms with van der Waals surface area (Å²) in [6.07, 6.45) is 6.25. The van der Waals surface area contributed by atoms with E-state index in [9.17, 15) is 0 Å². The standard InChI is InChI=1S/C15H23N5O/c1-11(2)14-17-15(21-18-14)12(3)20-9-4-6-13(20)10-19-8-5-7-16-19/h5,7-8,11-13H,4,6,9-10H2,1-3H3/t12-,13-/m0/s1. The summed E-state index contributed by atoms with van der Waals surface area (Å²) in [4.78, 5) is 7.00. The van der Waals surface area contributed by atoms with Crippen LogP contribution in [0, 0.1) is 0 Å². The Kier molecular flexibility index (Phi) is 4.05. The molecule has 0 radical (unpaired) electrons. The van der Waals surface area contributed by atoms with Gasteiger partial charge in [0.05, 0.1) is 12.6 Å². The van der Waals surface area contributed by atoms with Crippen LogP contribution in [-0.4, -0.2) is 37.4 Å². The number of hydrogen-bond acceptors (Lipinski definition) is 5. The van der Waals surface area contributed by atoms with Crippen molar-refractivity contribution in [3.05, 3.63) is 30.2 Å². The van der Waals surface area contributed by atoms with Crippen molar-refractivity contribution in [1.29, 1.82) is 0 Å². The maximum absolute atomic E-state index is 5.46. The van der Waals surface area contributed by atoms with Gasteiger partial charge in [-0.25, -0.2) is 0 Å². The number of rotatable bonds is 5. The van der Waals surface area contributed by atoms with Crippen molar-refractivity contribution in [2.75, 3.05) is 6.54 Å². The zero-order valence-corrected chi connectivity index (χ0v) is 12.9. The van der Waals surface area contributed by atoms with E-state index in [2.05, 4.69) is 40.9 Å². The molecule has 0 unspecified atom stereocenters. The van der Waals surface area contributed by atoms with E-state index in [1.807, 2.05) is 23.1 Å². The first-order chi connectivity index (χ1) is 10.1. The van der Waals surface area contributed by atoms with Crippen LogP contribution in [0.15, 0.2) is 23.0 Å². The van der Waals surface area contributed by atoms with Gasteiger partial charge in [-0.1, -0.05) is 19.0 Å². The number of nitrogens with zero attached hydrogens (tertiary/aromatic N) is 5. The second kappa shape index (κ2) is 5.97. The molecule has 1 fully saturated rings. The minimum Gasteiger partial charge on any atom is -0.338 e. The minimum atomic E-state index is 0.160. The van der Waals surface area contributed by atoms with Gasteiger partial charge in [-0.05, 0) is 32.4 Å². The van der Waals surface area contributed by atoms with Crippen LogP contribution in [0.1, 0.15) is 57.3 Å². The molecule has 2 aromatic rings. The molecule has 0 bridgehead atoms. The lowest BCUT2D eigenvalue weighted by Crippen LogP contribution is -2.35. The summed E-state index contributed by atoms with van der Waals surface area (Å²) >= 11 is 0.